The molecule has 1 spiro atoms. The Kier molecular flexibility index (Phi) is 4.07. The number of amides is 2. The van der Waals surface area contributed by atoms with E-state index in [1.54, 1.807) is 4.90 Å². The molecule has 0 bridgehead atoms. The van der Waals surface area contributed by atoms with E-state index in [1.165, 1.54) is 0 Å². The second-order valence-corrected chi connectivity index (χ2v) is 8.11. The first kappa shape index (κ1) is 16.6. The largest absolute Gasteiger partial charge is 0.341 e. The maximum Gasteiger partial charge on any atom is 0.239 e. The van der Waals surface area contributed by atoms with Crippen LogP contribution in [0.25, 0.3) is 0 Å². The second kappa shape index (κ2) is 6.13. The number of likely N-dealkylation sites (tertiary alicyclic amines) is 1. The van der Waals surface area contributed by atoms with Gasteiger partial charge in [0.25, 0.3) is 0 Å². The van der Waals surface area contributed by atoms with Crippen LogP contribution in [0.3, 0.4) is 0 Å². The monoisotopic (exact) mass is 341 g/mol. The van der Waals surface area contributed by atoms with Crippen molar-refractivity contribution in [2.24, 2.45) is 11.3 Å². The van der Waals surface area contributed by atoms with Gasteiger partial charge in [0.15, 0.2) is 0 Å². The normalized spacial score (nSPS) is 29.2. The van der Waals surface area contributed by atoms with E-state index in [1.807, 2.05) is 30.9 Å². The standard InChI is InChI=1S/C20H27N3O2/c1-14-9-15(2)11-16(10-14)23-7-3-17(19(23)25)18(24)22-8-5-20(13-22)4-6-21-12-20/h9-11,17,21H,3-8,12-13H2,1-2H3/t17-,20+/m0/s1. The minimum Gasteiger partial charge on any atom is -0.341 e. The Morgan fingerprint density at radius 2 is 1.92 bits per heavy atom. The number of anilines is 1. The first-order valence-corrected chi connectivity index (χ1v) is 9.37. The van der Waals surface area contributed by atoms with E-state index >= 15 is 0 Å². The highest BCUT2D eigenvalue weighted by Crippen LogP contribution is 2.37. The van der Waals surface area contributed by atoms with Gasteiger partial charge in [-0.15, -0.1) is 0 Å². The Morgan fingerprint density at radius 1 is 1.16 bits per heavy atom. The number of hydrogen-bond donors (Lipinski definition) is 1. The summed E-state index contributed by atoms with van der Waals surface area (Å²) in [6.07, 6.45) is 2.84. The number of rotatable bonds is 2. The highest BCUT2D eigenvalue weighted by molar-refractivity contribution is 6.09. The fraction of sp³-hybridized carbons (Fsp3) is 0.600. The Balaban J connectivity index is 1.47. The molecular weight excluding hydrogens is 314 g/mol. The van der Waals surface area contributed by atoms with E-state index < -0.39 is 5.92 Å². The molecule has 0 radical (unpaired) electrons. The highest BCUT2D eigenvalue weighted by atomic mass is 16.2. The van der Waals surface area contributed by atoms with Crippen molar-refractivity contribution in [1.29, 1.82) is 0 Å². The van der Waals surface area contributed by atoms with E-state index in [-0.39, 0.29) is 17.2 Å². The summed E-state index contributed by atoms with van der Waals surface area (Å²) >= 11 is 0. The summed E-state index contributed by atoms with van der Waals surface area (Å²) in [6, 6.07) is 6.17. The smallest absolute Gasteiger partial charge is 0.239 e. The van der Waals surface area contributed by atoms with Gasteiger partial charge in [0.05, 0.1) is 0 Å². The minimum absolute atomic E-state index is 0.0273. The molecule has 0 unspecified atom stereocenters. The van der Waals surface area contributed by atoms with Crippen LogP contribution in [0.2, 0.25) is 0 Å². The predicted molar refractivity (Wildman–Crippen MR) is 97.5 cm³/mol. The Hall–Kier alpha value is -1.88. The zero-order valence-electron chi connectivity index (χ0n) is 15.2. The highest BCUT2D eigenvalue weighted by Gasteiger charge is 2.46. The molecule has 1 N–H and O–H groups in total. The summed E-state index contributed by atoms with van der Waals surface area (Å²) in [4.78, 5) is 29.6. The minimum atomic E-state index is -0.495. The number of hydrogen-bond acceptors (Lipinski definition) is 3. The van der Waals surface area contributed by atoms with Crippen molar-refractivity contribution < 1.29 is 9.59 Å². The number of nitrogens with zero attached hydrogens (tertiary/aromatic N) is 2. The van der Waals surface area contributed by atoms with Gasteiger partial charge in [-0.1, -0.05) is 6.07 Å². The Morgan fingerprint density at radius 3 is 2.60 bits per heavy atom. The van der Waals surface area contributed by atoms with E-state index in [4.69, 9.17) is 0 Å². The van der Waals surface area contributed by atoms with Gasteiger partial charge >= 0.3 is 0 Å². The maximum atomic E-state index is 13.0. The molecule has 2 amide bonds. The molecular formula is C20H27N3O2. The number of nitrogens with one attached hydrogen (secondary N) is 1. The molecule has 25 heavy (non-hydrogen) atoms. The molecule has 3 saturated heterocycles. The number of benzene rings is 1. The quantitative estimate of drug-likeness (QED) is 0.836. The van der Waals surface area contributed by atoms with E-state index in [0.717, 1.165) is 55.8 Å². The molecule has 3 heterocycles. The molecule has 3 fully saturated rings. The first-order valence-electron chi connectivity index (χ1n) is 9.37. The fourth-order valence-electron chi connectivity index (χ4n) is 4.76. The van der Waals surface area contributed by atoms with E-state index in [2.05, 4.69) is 11.4 Å². The lowest BCUT2D eigenvalue weighted by molar-refractivity contribution is -0.139. The zero-order chi connectivity index (χ0) is 17.6. The molecule has 0 aromatic heterocycles. The summed E-state index contributed by atoms with van der Waals surface area (Å²) in [5, 5.41) is 3.42. The van der Waals surface area contributed by atoms with Gasteiger partial charge in [-0.2, -0.15) is 0 Å². The van der Waals surface area contributed by atoms with Crippen LogP contribution in [0.1, 0.15) is 30.4 Å². The van der Waals surface area contributed by atoms with Crippen molar-refractivity contribution in [2.75, 3.05) is 37.6 Å². The summed E-state index contributed by atoms with van der Waals surface area (Å²) in [7, 11) is 0. The van der Waals surface area contributed by atoms with Gasteiger partial charge in [0.2, 0.25) is 11.8 Å². The lowest BCUT2D eigenvalue weighted by Gasteiger charge is -2.24. The third-order valence-electron chi connectivity index (χ3n) is 6.10. The third-order valence-corrected chi connectivity index (χ3v) is 6.10. The van der Waals surface area contributed by atoms with Crippen LogP contribution in [0.4, 0.5) is 5.69 Å². The van der Waals surface area contributed by atoms with Gasteiger partial charge < -0.3 is 15.1 Å². The molecule has 0 aliphatic carbocycles. The van der Waals surface area contributed by atoms with Gasteiger partial charge in [-0.3, -0.25) is 9.59 Å². The molecule has 1 aromatic rings. The van der Waals surface area contributed by atoms with Crippen LogP contribution >= 0.6 is 0 Å². The van der Waals surface area contributed by atoms with Gasteiger partial charge in [-0.05, 0) is 62.9 Å². The van der Waals surface area contributed by atoms with Crippen molar-refractivity contribution in [1.82, 2.24) is 10.2 Å². The number of carbonyl (C=O) groups is 2. The lowest BCUT2D eigenvalue weighted by atomic mass is 9.86. The lowest BCUT2D eigenvalue weighted by Crippen LogP contribution is -2.40. The average molecular weight is 341 g/mol. The molecule has 3 aliphatic heterocycles. The second-order valence-electron chi connectivity index (χ2n) is 8.11. The average Bonchev–Trinajstić information content (AvgIpc) is 3.28. The van der Waals surface area contributed by atoms with Crippen molar-refractivity contribution in [2.45, 2.75) is 33.1 Å². The van der Waals surface area contributed by atoms with Crippen LogP contribution in [0, 0.1) is 25.2 Å². The predicted octanol–water partition coefficient (Wildman–Crippen LogP) is 1.87. The molecule has 4 rings (SSSR count). The molecule has 2 atom stereocenters. The number of carbonyl (C=O) groups excluding carboxylic acids is 2. The molecule has 3 aliphatic rings. The molecule has 5 heteroatoms. The molecule has 5 nitrogen and oxygen atoms in total. The third kappa shape index (κ3) is 2.95. The van der Waals surface area contributed by atoms with Crippen molar-refractivity contribution >= 4 is 17.5 Å². The first-order chi connectivity index (χ1) is 12.0. The molecule has 0 saturated carbocycles. The van der Waals surface area contributed by atoms with Crippen LogP contribution in [-0.4, -0.2) is 49.4 Å². The Bertz CT molecular complexity index is 689. The van der Waals surface area contributed by atoms with Crippen LogP contribution in [0.5, 0.6) is 0 Å². The number of aryl methyl sites for hydroxylation is 2. The van der Waals surface area contributed by atoms with Crippen molar-refractivity contribution in [3.8, 4) is 0 Å². The summed E-state index contributed by atoms with van der Waals surface area (Å²) in [5.41, 5.74) is 3.47. The van der Waals surface area contributed by atoms with Crippen LogP contribution < -0.4 is 10.2 Å². The summed E-state index contributed by atoms with van der Waals surface area (Å²) in [6.45, 7) is 8.38. The van der Waals surface area contributed by atoms with Gasteiger partial charge in [-0.25, -0.2) is 0 Å². The topological polar surface area (TPSA) is 52.7 Å². The fourth-order valence-corrected chi connectivity index (χ4v) is 4.76. The van der Waals surface area contributed by atoms with Gasteiger partial charge in [0, 0.05) is 37.3 Å². The maximum absolute atomic E-state index is 13.0. The summed E-state index contributed by atoms with van der Waals surface area (Å²) < 4.78 is 0. The molecule has 1 aromatic carbocycles. The van der Waals surface area contributed by atoms with E-state index in [0.29, 0.717) is 13.0 Å². The van der Waals surface area contributed by atoms with Crippen LogP contribution in [-0.2, 0) is 9.59 Å². The van der Waals surface area contributed by atoms with Crippen molar-refractivity contribution in [3.63, 3.8) is 0 Å². The Labute approximate surface area is 149 Å². The zero-order valence-corrected chi connectivity index (χ0v) is 15.2. The van der Waals surface area contributed by atoms with Crippen molar-refractivity contribution in [3.05, 3.63) is 29.3 Å². The van der Waals surface area contributed by atoms with Gasteiger partial charge in [0.1, 0.15) is 5.92 Å². The van der Waals surface area contributed by atoms with Crippen LogP contribution in [0.15, 0.2) is 18.2 Å². The molecule has 134 valence electrons. The SMILES string of the molecule is Cc1cc(C)cc(N2CC[C@@H](C(=O)N3CC[C@@]4(CCNC4)C3)C2=O)c1. The van der Waals surface area contributed by atoms with E-state index in [9.17, 15) is 9.59 Å². The summed E-state index contributed by atoms with van der Waals surface area (Å²) in [5.74, 6) is -0.480.